The summed E-state index contributed by atoms with van der Waals surface area (Å²) in [5, 5.41) is 0. The van der Waals surface area contributed by atoms with E-state index >= 15 is 0 Å². The van der Waals surface area contributed by atoms with Crippen LogP contribution in [-0.2, 0) is 16.1 Å². The summed E-state index contributed by atoms with van der Waals surface area (Å²) < 4.78 is 10.1. The monoisotopic (exact) mass is 225 g/mol. The van der Waals surface area contributed by atoms with Gasteiger partial charge in [0.15, 0.2) is 0 Å². The number of esters is 1. The van der Waals surface area contributed by atoms with E-state index in [-0.39, 0.29) is 12.0 Å². The van der Waals surface area contributed by atoms with Gasteiger partial charge in [-0.15, -0.1) is 0 Å². The van der Waals surface area contributed by atoms with Gasteiger partial charge in [0.05, 0.1) is 20.1 Å². The molecule has 16 heavy (non-hydrogen) atoms. The van der Waals surface area contributed by atoms with Gasteiger partial charge in [0, 0.05) is 6.04 Å². The number of hydrogen-bond acceptors (Lipinski definition) is 4. The SMILES string of the molecule is COC(=O)CC(C)N(C)Cc1ccc(C)o1. The van der Waals surface area contributed by atoms with E-state index in [0.717, 1.165) is 11.5 Å². The van der Waals surface area contributed by atoms with Crippen LogP contribution < -0.4 is 0 Å². The minimum atomic E-state index is -0.185. The van der Waals surface area contributed by atoms with Crippen molar-refractivity contribution < 1.29 is 13.9 Å². The van der Waals surface area contributed by atoms with Crippen LogP contribution >= 0.6 is 0 Å². The predicted octanol–water partition coefficient (Wildman–Crippen LogP) is 1.97. The lowest BCUT2D eigenvalue weighted by Gasteiger charge is -2.22. The Balaban J connectivity index is 2.45. The summed E-state index contributed by atoms with van der Waals surface area (Å²) in [4.78, 5) is 13.2. The summed E-state index contributed by atoms with van der Waals surface area (Å²) in [6.45, 7) is 4.61. The maximum Gasteiger partial charge on any atom is 0.307 e. The molecule has 1 atom stereocenters. The molecule has 0 aliphatic heterocycles. The lowest BCUT2D eigenvalue weighted by Crippen LogP contribution is -2.30. The second-order valence-electron chi connectivity index (χ2n) is 4.06. The van der Waals surface area contributed by atoms with Crippen LogP contribution in [0, 0.1) is 6.92 Å². The molecule has 1 rings (SSSR count). The molecule has 0 amide bonds. The number of carbonyl (C=O) groups excluding carboxylic acids is 1. The zero-order valence-electron chi connectivity index (χ0n) is 10.3. The highest BCUT2D eigenvalue weighted by Gasteiger charge is 2.15. The number of rotatable bonds is 5. The van der Waals surface area contributed by atoms with Crippen molar-refractivity contribution in [2.75, 3.05) is 14.2 Å². The summed E-state index contributed by atoms with van der Waals surface area (Å²) in [5.74, 6) is 1.63. The Morgan fingerprint density at radius 1 is 1.56 bits per heavy atom. The number of ether oxygens (including phenoxy) is 1. The Hall–Kier alpha value is -1.29. The molecule has 0 aromatic carbocycles. The Morgan fingerprint density at radius 3 is 2.75 bits per heavy atom. The van der Waals surface area contributed by atoms with Crippen LogP contribution in [0.3, 0.4) is 0 Å². The summed E-state index contributed by atoms with van der Waals surface area (Å²) in [7, 11) is 3.37. The molecule has 0 saturated carbocycles. The van der Waals surface area contributed by atoms with Gasteiger partial charge in [-0.25, -0.2) is 0 Å². The molecule has 90 valence electrons. The normalized spacial score (nSPS) is 12.8. The summed E-state index contributed by atoms with van der Waals surface area (Å²) >= 11 is 0. The molecule has 0 aliphatic carbocycles. The Kier molecular flexibility index (Phi) is 4.55. The smallest absolute Gasteiger partial charge is 0.307 e. The molecular weight excluding hydrogens is 206 g/mol. The van der Waals surface area contributed by atoms with Gasteiger partial charge < -0.3 is 9.15 Å². The molecular formula is C12H19NO3. The molecule has 1 aromatic rings. The predicted molar refractivity (Wildman–Crippen MR) is 61.0 cm³/mol. The molecule has 4 nitrogen and oxygen atoms in total. The number of methoxy groups -OCH3 is 1. The first-order chi connectivity index (χ1) is 7.52. The van der Waals surface area contributed by atoms with E-state index in [1.807, 2.05) is 33.0 Å². The van der Waals surface area contributed by atoms with Crippen LogP contribution in [-0.4, -0.2) is 31.1 Å². The number of carbonyl (C=O) groups is 1. The number of furan rings is 1. The van der Waals surface area contributed by atoms with Crippen molar-refractivity contribution in [2.24, 2.45) is 0 Å². The van der Waals surface area contributed by atoms with E-state index in [9.17, 15) is 4.79 Å². The summed E-state index contributed by atoms with van der Waals surface area (Å²) in [6, 6.07) is 4.03. The van der Waals surface area contributed by atoms with Gasteiger partial charge >= 0.3 is 5.97 Å². The highest BCUT2D eigenvalue weighted by Crippen LogP contribution is 2.11. The fourth-order valence-electron chi connectivity index (χ4n) is 1.45. The minimum Gasteiger partial charge on any atom is -0.469 e. The molecule has 1 heterocycles. The molecule has 1 unspecified atom stereocenters. The second kappa shape index (κ2) is 5.70. The van der Waals surface area contributed by atoms with Crippen molar-refractivity contribution in [3.63, 3.8) is 0 Å². The van der Waals surface area contributed by atoms with Gasteiger partial charge in [0.2, 0.25) is 0 Å². The molecule has 0 bridgehead atoms. The fourth-order valence-corrected chi connectivity index (χ4v) is 1.45. The molecule has 0 aliphatic rings. The van der Waals surface area contributed by atoms with Crippen molar-refractivity contribution in [3.8, 4) is 0 Å². The topological polar surface area (TPSA) is 42.7 Å². The lowest BCUT2D eigenvalue weighted by atomic mass is 10.2. The Labute approximate surface area is 96.2 Å². The van der Waals surface area contributed by atoms with Gasteiger partial charge in [-0.2, -0.15) is 0 Å². The molecule has 1 aromatic heterocycles. The van der Waals surface area contributed by atoms with Gasteiger partial charge in [-0.3, -0.25) is 9.69 Å². The number of nitrogens with zero attached hydrogens (tertiary/aromatic N) is 1. The van der Waals surface area contributed by atoms with Crippen molar-refractivity contribution in [1.82, 2.24) is 4.90 Å². The standard InChI is InChI=1S/C12H19NO3/c1-9(7-12(14)15-4)13(3)8-11-6-5-10(2)16-11/h5-6,9H,7-8H2,1-4H3. The van der Waals surface area contributed by atoms with Gasteiger partial charge in [0.1, 0.15) is 11.5 Å². The van der Waals surface area contributed by atoms with Crippen LogP contribution in [0.1, 0.15) is 24.9 Å². The first-order valence-corrected chi connectivity index (χ1v) is 5.35. The third-order valence-corrected chi connectivity index (χ3v) is 2.64. The van der Waals surface area contributed by atoms with Crippen molar-refractivity contribution in [3.05, 3.63) is 23.7 Å². The quantitative estimate of drug-likeness (QED) is 0.718. The molecule has 0 N–H and O–H groups in total. The van der Waals surface area contributed by atoms with Gasteiger partial charge in [-0.1, -0.05) is 0 Å². The summed E-state index contributed by atoms with van der Waals surface area (Å²) in [5.41, 5.74) is 0. The second-order valence-corrected chi connectivity index (χ2v) is 4.06. The first kappa shape index (κ1) is 12.8. The maximum absolute atomic E-state index is 11.1. The number of aryl methyl sites for hydroxylation is 1. The highest BCUT2D eigenvalue weighted by atomic mass is 16.5. The van der Waals surface area contributed by atoms with E-state index in [1.54, 1.807) is 0 Å². The van der Waals surface area contributed by atoms with Crippen LogP contribution in [0.4, 0.5) is 0 Å². The van der Waals surface area contributed by atoms with Crippen LogP contribution in [0.25, 0.3) is 0 Å². The van der Waals surface area contributed by atoms with E-state index in [2.05, 4.69) is 9.64 Å². The first-order valence-electron chi connectivity index (χ1n) is 5.35. The van der Waals surface area contributed by atoms with E-state index in [4.69, 9.17) is 4.42 Å². The molecule has 4 heteroatoms. The average Bonchev–Trinajstić information content (AvgIpc) is 2.63. The molecule has 0 radical (unpaired) electrons. The van der Waals surface area contributed by atoms with Crippen molar-refractivity contribution in [2.45, 2.75) is 32.9 Å². The zero-order valence-corrected chi connectivity index (χ0v) is 10.3. The molecule has 0 saturated heterocycles. The lowest BCUT2D eigenvalue weighted by molar-refractivity contribution is -0.141. The fraction of sp³-hybridized carbons (Fsp3) is 0.583. The Morgan fingerprint density at radius 2 is 2.25 bits per heavy atom. The van der Waals surface area contributed by atoms with Crippen LogP contribution in [0.5, 0.6) is 0 Å². The molecule has 0 fully saturated rings. The van der Waals surface area contributed by atoms with Crippen LogP contribution in [0.2, 0.25) is 0 Å². The van der Waals surface area contributed by atoms with Crippen molar-refractivity contribution in [1.29, 1.82) is 0 Å². The van der Waals surface area contributed by atoms with Gasteiger partial charge in [0.25, 0.3) is 0 Å². The van der Waals surface area contributed by atoms with E-state index in [0.29, 0.717) is 13.0 Å². The van der Waals surface area contributed by atoms with E-state index < -0.39 is 0 Å². The molecule has 0 spiro atoms. The minimum absolute atomic E-state index is 0.137. The Bertz CT molecular complexity index is 346. The average molecular weight is 225 g/mol. The largest absolute Gasteiger partial charge is 0.469 e. The van der Waals surface area contributed by atoms with Crippen molar-refractivity contribution >= 4 is 5.97 Å². The maximum atomic E-state index is 11.1. The summed E-state index contributed by atoms with van der Waals surface area (Å²) in [6.07, 6.45) is 0.396. The third kappa shape index (κ3) is 3.70. The van der Waals surface area contributed by atoms with Crippen LogP contribution in [0.15, 0.2) is 16.5 Å². The zero-order chi connectivity index (χ0) is 12.1. The van der Waals surface area contributed by atoms with Gasteiger partial charge in [-0.05, 0) is 33.0 Å². The third-order valence-electron chi connectivity index (χ3n) is 2.64. The highest BCUT2D eigenvalue weighted by molar-refractivity contribution is 5.69. The van der Waals surface area contributed by atoms with E-state index in [1.165, 1.54) is 7.11 Å². The number of hydrogen-bond donors (Lipinski definition) is 0.